The lowest BCUT2D eigenvalue weighted by atomic mass is 10.1. The molecule has 2 aromatic carbocycles. The zero-order chi connectivity index (χ0) is 15.3. The summed E-state index contributed by atoms with van der Waals surface area (Å²) >= 11 is 1.39. The van der Waals surface area contributed by atoms with Gasteiger partial charge in [-0.05, 0) is 24.1 Å². The lowest BCUT2D eigenvalue weighted by Gasteiger charge is -2.27. The first-order valence-corrected chi connectivity index (χ1v) is 11.7. The van der Waals surface area contributed by atoms with Crippen LogP contribution >= 0.6 is 11.8 Å². The largest absolute Gasteiger partial charge is 0.287 e. The third-order valence-corrected chi connectivity index (χ3v) is 7.33. The van der Waals surface area contributed by atoms with Gasteiger partial charge >= 0.3 is 0 Å². The highest BCUT2D eigenvalue weighted by molar-refractivity contribution is 8.14. The van der Waals surface area contributed by atoms with Gasteiger partial charge in [0.1, 0.15) is 0 Å². The number of hydrogen-bond donors (Lipinski definition) is 0. The Hall–Kier alpha value is -1.32. The van der Waals surface area contributed by atoms with Crippen molar-refractivity contribution in [1.82, 2.24) is 0 Å². The Kier molecular flexibility index (Phi) is 5.43. The van der Waals surface area contributed by atoms with Crippen molar-refractivity contribution in [2.24, 2.45) is 0 Å². The molecule has 110 valence electrons. The summed E-state index contributed by atoms with van der Waals surface area (Å²) in [6, 6.07) is 20.3. The van der Waals surface area contributed by atoms with Gasteiger partial charge in [0.2, 0.25) is 0 Å². The van der Waals surface area contributed by atoms with Crippen LogP contribution in [-0.2, 0) is 11.2 Å². The van der Waals surface area contributed by atoms with Gasteiger partial charge in [-0.1, -0.05) is 79.9 Å². The second-order valence-electron chi connectivity index (χ2n) is 6.34. The molecule has 0 saturated heterocycles. The van der Waals surface area contributed by atoms with E-state index in [2.05, 4.69) is 31.8 Å². The monoisotopic (exact) mass is 314 g/mol. The first-order valence-electron chi connectivity index (χ1n) is 7.27. The second-order valence-corrected chi connectivity index (χ2v) is 12.8. The Morgan fingerprint density at radius 2 is 1.48 bits per heavy atom. The maximum absolute atomic E-state index is 12.8. The predicted octanol–water partition coefficient (Wildman–Crippen LogP) is 5.26. The van der Waals surface area contributed by atoms with Crippen molar-refractivity contribution in [3.05, 3.63) is 66.2 Å². The summed E-state index contributed by atoms with van der Waals surface area (Å²) in [5.41, 5.74) is 1.40. The average molecular weight is 315 g/mol. The zero-order valence-electron chi connectivity index (χ0n) is 12.9. The average Bonchev–Trinajstić information content (AvgIpc) is 2.45. The molecule has 0 heterocycles. The molecule has 0 spiro atoms. The Labute approximate surface area is 132 Å². The summed E-state index contributed by atoms with van der Waals surface area (Å²) in [6.07, 6.45) is 0.856. The highest BCUT2D eigenvalue weighted by Crippen LogP contribution is 2.34. The van der Waals surface area contributed by atoms with Crippen LogP contribution in [0.4, 0.5) is 0 Å². The molecule has 2 aromatic rings. The Morgan fingerprint density at radius 3 is 2.00 bits per heavy atom. The van der Waals surface area contributed by atoms with E-state index in [4.69, 9.17) is 0 Å². The van der Waals surface area contributed by atoms with E-state index in [1.165, 1.54) is 17.3 Å². The van der Waals surface area contributed by atoms with Crippen LogP contribution in [0, 0.1) is 0 Å². The van der Waals surface area contributed by atoms with Crippen LogP contribution in [0.25, 0.3) is 0 Å². The third-order valence-electron chi connectivity index (χ3n) is 3.57. The minimum Gasteiger partial charge on any atom is -0.287 e. The summed E-state index contributed by atoms with van der Waals surface area (Å²) in [6.45, 7) is 6.85. The van der Waals surface area contributed by atoms with Crippen molar-refractivity contribution in [3.63, 3.8) is 0 Å². The summed E-state index contributed by atoms with van der Waals surface area (Å²) < 4.78 is 0. The number of rotatable bonds is 5. The predicted molar refractivity (Wildman–Crippen MR) is 94.5 cm³/mol. The van der Waals surface area contributed by atoms with Gasteiger partial charge in [0.25, 0.3) is 0 Å². The van der Waals surface area contributed by atoms with E-state index < -0.39 is 8.07 Å². The van der Waals surface area contributed by atoms with E-state index in [1.54, 1.807) is 0 Å². The molecule has 0 bridgehead atoms. The van der Waals surface area contributed by atoms with Crippen LogP contribution < -0.4 is 0 Å². The van der Waals surface area contributed by atoms with Gasteiger partial charge in [-0.25, -0.2) is 0 Å². The van der Waals surface area contributed by atoms with Gasteiger partial charge in [0.15, 0.2) is 5.12 Å². The molecule has 2 rings (SSSR count). The molecule has 0 aliphatic carbocycles. The number of benzene rings is 2. The summed E-state index contributed by atoms with van der Waals surface area (Å²) in [5.74, 6) is 0. The molecule has 0 amide bonds. The highest BCUT2D eigenvalue weighted by Gasteiger charge is 2.33. The van der Waals surface area contributed by atoms with Gasteiger partial charge in [0.05, 0.1) is 8.07 Å². The molecule has 0 unspecified atom stereocenters. The molecule has 3 heteroatoms. The maximum atomic E-state index is 12.8. The summed E-state index contributed by atoms with van der Waals surface area (Å²) in [5, 5.41) is 0.309. The minimum absolute atomic E-state index is 0.144. The molecule has 1 atom stereocenters. The molecule has 0 aliphatic rings. The van der Waals surface area contributed by atoms with E-state index >= 15 is 0 Å². The lowest BCUT2D eigenvalue weighted by Crippen LogP contribution is -2.34. The molecule has 0 aliphatic heterocycles. The van der Waals surface area contributed by atoms with Gasteiger partial charge in [-0.3, -0.25) is 4.79 Å². The first-order chi connectivity index (χ1) is 9.97. The molecule has 1 nitrogen and oxygen atoms in total. The maximum Gasteiger partial charge on any atom is 0.194 e. The molecule has 0 aromatic heterocycles. The van der Waals surface area contributed by atoms with Crippen LogP contribution in [0.5, 0.6) is 0 Å². The van der Waals surface area contributed by atoms with Gasteiger partial charge < -0.3 is 0 Å². The van der Waals surface area contributed by atoms with E-state index in [1.807, 2.05) is 48.5 Å². The minimum atomic E-state index is -1.56. The normalized spacial score (nSPS) is 12.9. The summed E-state index contributed by atoms with van der Waals surface area (Å²) in [4.78, 5) is 13.8. The lowest BCUT2D eigenvalue weighted by molar-refractivity contribution is -0.111. The smallest absolute Gasteiger partial charge is 0.194 e. The highest BCUT2D eigenvalue weighted by atomic mass is 32.2. The van der Waals surface area contributed by atoms with Gasteiger partial charge in [-0.2, -0.15) is 0 Å². The van der Waals surface area contributed by atoms with Crippen molar-refractivity contribution in [1.29, 1.82) is 0 Å². The quantitative estimate of drug-likeness (QED) is 0.553. The van der Waals surface area contributed by atoms with Crippen LogP contribution in [0.3, 0.4) is 0 Å². The fourth-order valence-electron chi connectivity index (χ4n) is 2.27. The van der Waals surface area contributed by atoms with E-state index in [0.717, 1.165) is 11.3 Å². The third kappa shape index (κ3) is 4.86. The molecular formula is C18H22OSSi. The molecule has 0 fully saturated rings. The molecule has 0 radical (unpaired) electrons. The van der Waals surface area contributed by atoms with Crippen molar-refractivity contribution in [2.45, 2.75) is 36.5 Å². The Balaban J connectivity index is 2.15. The van der Waals surface area contributed by atoms with E-state index in [-0.39, 0.29) is 5.54 Å². The molecule has 21 heavy (non-hydrogen) atoms. The van der Waals surface area contributed by atoms with E-state index in [9.17, 15) is 4.79 Å². The van der Waals surface area contributed by atoms with Crippen LogP contribution in [0.1, 0.15) is 5.56 Å². The fraction of sp³-hybridized carbons (Fsp3) is 0.278. The first kappa shape index (κ1) is 16.1. The van der Waals surface area contributed by atoms with Crippen molar-refractivity contribution in [3.8, 4) is 0 Å². The second kappa shape index (κ2) is 7.10. The van der Waals surface area contributed by atoms with E-state index in [0.29, 0.717) is 5.12 Å². The zero-order valence-corrected chi connectivity index (χ0v) is 14.7. The number of carbonyl (C=O) groups excluding carboxylic acids is 1. The van der Waals surface area contributed by atoms with Crippen LogP contribution in [-0.4, -0.2) is 13.2 Å². The Bertz CT molecular complexity index is 575. The summed E-state index contributed by atoms with van der Waals surface area (Å²) in [7, 11) is -1.56. The van der Waals surface area contributed by atoms with Gasteiger partial charge in [-0.15, -0.1) is 0 Å². The molecular weight excluding hydrogens is 292 g/mol. The number of thioether (sulfide) groups is 1. The topological polar surface area (TPSA) is 17.1 Å². The molecule has 0 N–H and O–H groups in total. The van der Waals surface area contributed by atoms with Crippen LogP contribution in [0.2, 0.25) is 25.2 Å². The van der Waals surface area contributed by atoms with Gasteiger partial charge in [0, 0.05) is 10.4 Å². The molecule has 0 saturated carbocycles. The van der Waals surface area contributed by atoms with Crippen molar-refractivity contribution in [2.75, 3.05) is 0 Å². The van der Waals surface area contributed by atoms with Crippen LogP contribution in [0.15, 0.2) is 65.6 Å². The fourth-order valence-corrected chi connectivity index (χ4v) is 5.81. The SMILES string of the molecule is C[Si](C)(C)[C@@H](Cc1ccccc1)C(=O)Sc1ccccc1. The number of carbonyl (C=O) groups is 1. The number of hydrogen-bond acceptors (Lipinski definition) is 2. The standard InChI is InChI=1S/C18H22OSSi/c1-21(2,3)17(14-15-10-6-4-7-11-15)18(19)20-16-12-8-5-9-13-16/h4-13,17H,14H2,1-3H3/t17-/m0/s1. The van der Waals surface area contributed by atoms with Crippen molar-refractivity contribution < 1.29 is 4.79 Å². The Morgan fingerprint density at radius 1 is 0.952 bits per heavy atom. The van der Waals surface area contributed by atoms with Crippen molar-refractivity contribution >= 4 is 25.0 Å².